The van der Waals surface area contributed by atoms with Gasteiger partial charge in [-0.1, -0.05) is 11.6 Å². The highest BCUT2D eigenvalue weighted by molar-refractivity contribution is 6.34. The third-order valence-electron chi connectivity index (χ3n) is 9.33. The Bertz CT molecular complexity index is 1550. The highest BCUT2D eigenvalue weighted by Gasteiger charge is 2.49. The smallest absolute Gasteiger partial charge is 0.319 e. The summed E-state index contributed by atoms with van der Waals surface area (Å²) in [6.45, 7) is 4.10. The van der Waals surface area contributed by atoms with E-state index in [1.807, 2.05) is 0 Å². The van der Waals surface area contributed by atoms with Crippen molar-refractivity contribution in [3.8, 4) is 17.3 Å². The number of halogens is 5. The van der Waals surface area contributed by atoms with Gasteiger partial charge in [0.05, 0.1) is 21.8 Å². The second-order valence-electron chi connectivity index (χ2n) is 12.1. The van der Waals surface area contributed by atoms with Gasteiger partial charge in [-0.25, -0.2) is 22.5 Å². The Morgan fingerprint density at radius 2 is 1.93 bits per heavy atom. The summed E-state index contributed by atoms with van der Waals surface area (Å²) in [5, 5.41) is 3.82. The zero-order valence-electron chi connectivity index (χ0n) is 23.1. The molecule has 224 valence electrons. The monoisotopic (exact) mass is 605 g/mol. The van der Waals surface area contributed by atoms with Crippen LogP contribution >= 0.6 is 11.6 Å². The highest BCUT2D eigenvalue weighted by Crippen LogP contribution is 2.44. The number of pyridine rings is 1. The first-order valence-electron chi connectivity index (χ1n) is 14.4. The van der Waals surface area contributed by atoms with Crippen LogP contribution in [0.15, 0.2) is 12.1 Å². The first-order chi connectivity index (χ1) is 20.1. The van der Waals surface area contributed by atoms with Gasteiger partial charge in [-0.05, 0) is 56.8 Å². The van der Waals surface area contributed by atoms with Crippen molar-refractivity contribution < 1.29 is 22.3 Å². The summed E-state index contributed by atoms with van der Waals surface area (Å²) in [6.07, 6.45) is 0.269. The fourth-order valence-electron chi connectivity index (χ4n) is 7.47. The minimum Gasteiger partial charge on any atom is -0.461 e. The lowest BCUT2D eigenvalue weighted by atomic mass is 9.95. The van der Waals surface area contributed by atoms with Crippen molar-refractivity contribution in [2.45, 2.75) is 69.2 Å². The minimum absolute atomic E-state index is 0.0331. The number of nitrogen functional groups attached to an aromatic ring is 1. The Balaban J connectivity index is 1.37. The molecular formula is C29H32ClF4N7O. The Hall–Kier alpha value is -2.96. The summed E-state index contributed by atoms with van der Waals surface area (Å²) in [5.41, 5.74) is 4.43. The number of rotatable bonds is 6. The minimum atomic E-state index is -2.94. The number of benzene rings is 1. The van der Waals surface area contributed by atoms with Gasteiger partial charge in [0.25, 0.3) is 6.43 Å². The van der Waals surface area contributed by atoms with E-state index in [0.29, 0.717) is 37.3 Å². The van der Waals surface area contributed by atoms with Crippen LogP contribution in [0.5, 0.6) is 6.01 Å². The van der Waals surface area contributed by atoms with Crippen LogP contribution in [-0.4, -0.2) is 76.4 Å². The molecule has 2 aromatic heterocycles. The zero-order valence-corrected chi connectivity index (χ0v) is 23.9. The topological polar surface area (TPSA) is 92.4 Å². The zero-order chi connectivity index (χ0) is 29.3. The maximum absolute atomic E-state index is 16.6. The lowest BCUT2D eigenvalue weighted by Gasteiger charge is -2.34. The summed E-state index contributed by atoms with van der Waals surface area (Å²) < 4.78 is 65.5. The van der Waals surface area contributed by atoms with Crippen LogP contribution in [0.4, 0.5) is 29.2 Å². The summed E-state index contributed by atoms with van der Waals surface area (Å²) in [4.78, 5) is 17.5. The third kappa shape index (κ3) is 4.62. The molecule has 0 spiro atoms. The van der Waals surface area contributed by atoms with Gasteiger partial charge in [-0.3, -0.25) is 4.90 Å². The number of fused-ring (bicyclic) bond motifs is 4. The van der Waals surface area contributed by atoms with Crippen molar-refractivity contribution in [1.82, 2.24) is 25.2 Å². The molecule has 3 N–H and O–H groups in total. The molecule has 4 atom stereocenters. The molecule has 13 heteroatoms. The van der Waals surface area contributed by atoms with E-state index >= 15 is 4.39 Å². The molecule has 8 nitrogen and oxygen atoms in total. The van der Waals surface area contributed by atoms with Gasteiger partial charge in [0.1, 0.15) is 29.9 Å². The molecule has 4 aliphatic rings. The van der Waals surface area contributed by atoms with E-state index in [9.17, 15) is 13.2 Å². The molecule has 6 heterocycles. The van der Waals surface area contributed by atoms with Gasteiger partial charge in [0, 0.05) is 49.1 Å². The van der Waals surface area contributed by atoms with Gasteiger partial charge in [-0.2, -0.15) is 9.97 Å². The Kier molecular flexibility index (Phi) is 6.86. The van der Waals surface area contributed by atoms with Crippen LogP contribution in [0.3, 0.4) is 0 Å². The Morgan fingerprint density at radius 1 is 1.17 bits per heavy atom. The van der Waals surface area contributed by atoms with Gasteiger partial charge in [0.2, 0.25) is 0 Å². The molecule has 2 unspecified atom stereocenters. The second-order valence-corrected chi connectivity index (χ2v) is 12.5. The number of alkyl halides is 3. The summed E-state index contributed by atoms with van der Waals surface area (Å²) in [7, 11) is 0. The lowest BCUT2D eigenvalue weighted by molar-refractivity contribution is 0.107. The Morgan fingerprint density at radius 3 is 2.67 bits per heavy atom. The molecule has 4 saturated heterocycles. The average Bonchev–Trinajstić information content (AvgIpc) is 3.57. The predicted molar refractivity (Wildman–Crippen MR) is 153 cm³/mol. The van der Waals surface area contributed by atoms with E-state index in [1.165, 1.54) is 19.1 Å². The third-order valence-corrected chi connectivity index (χ3v) is 9.63. The van der Waals surface area contributed by atoms with Crippen LogP contribution in [0.25, 0.3) is 22.2 Å². The molecule has 4 aliphatic heterocycles. The van der Waals surface area contributed by atoms with Crippen LogP contribution in [0.1, 0.15) is 49.7 Å². The summed E-state index contributed by atoms with van der Waals surface area (Å²) in [5.74, 6) is -0.481. The molecule has 3 aromatic rings. The van der Waals surface area contributed by atoms with E-state index in [-0.39, 0.29) is 57.9 Å². The van der Waals surface area contributed by atoms with Crippen LogP contribution in [0.2, 0.25) is 5.02 Å². The number of piperazine rings is 1. The Labute approximate surface area is 245 Å². The standard InChI is InChI=1S/C29H32ClF4N7O/c1-14-7-20(35)37-25(21(14)26(33)34)22-19(30)8-18-24(23(22)32)38-28(39-27(18)40-11-16-3-4-17(12-40)36-16)42-13-29-5-2-6-41(29)10-15(31)9-29/h7-8,15-17,26,36H,2-6,9-13H2,1H3,(H2,35,37)/t15-,16?,17?,29+/m1/s1. The van der Waals surface area contributed by atoms with Gasteiger partial charge in [-0.15, -0.1) is 0 Å². The molecule has 2 bridgehead atoms. The van der Waals surface area contributed by atoms with E-state index in [2.05, 4.69) is 25.1 Å². The van der Waals surface area contributed by atoms with Crippen molar-refractivity contribution >= 4 is 34.1 Å². The molecule has 4 fully saturated rings. The van der Waals surface area contributed by atoms with Crippen LogP contribution in [0, 0.1) is 12.7 Å². The maximum atomic E-state index is 16.6. The molecule has 7 rings (SSSR count). The average molecular weight is 606 g/mol. The molecule has 0 aliphatic carbocycles. The van der Waals surface area contributed by atoms with Gasteiger partial charge < -0.3 is 20.7 Å². The van der Waals surface area contributed by atoms with Crippen LogP contribution < -0.4 is 20.7 Å². The first kappa shape index (κ1) is 27.8. The molecule has 42 heavy (non-hydrogen) atoms. The SMILES string of the molecule is Cc1cc(N)nc(-c2c(Cl)cc3c(N4CC5CCC(C4)N5)nc(OC[C@@]45CCCN4C[C@H](F)C5)nc3c2F)c1C(F)F. The van der Waals surface area contributed by atoms with Gasteiger partial charge >= 0.3 is 6.01 Å². The molecule has 0 amide bonds. The van der Waals surface area contributed by atoms with E-state index in [1.54, 1.807) is 0 Å². The largest absolute Gasteiger partial charge is 0.461 e. The van der Waals surface area contributed by atoms with Gasteiger partial charge in [0.15, 0.2) is 5.82 Å². The van der Waals surface area contributed by atoms with Crippen molar-refractivity contribution in [3.05, 3.63) is 34.1 Å². The van der Waals surface area contributed by atoms with Crippen LogP contribution in [-0.2, 0) is 0 Å². The summed E-state index contributed by atoms with van der Waals surface area (Å²) in [6, 6.07) is 3.30. The summed E-state index contributed by atoms with van der Waals surface area (Å²) >= 11 is 6.64. The molecular weight excluding hydrogens is 574 g/mol. The number of anilines is 2. The number of hydrogen-bond acceptors (Lipinski definition) is 8. The predicted octanol–water partition coefficient (Wildman–Crippen LogP) is 5.21. The number of nitrogens with two attached hydrogens (primary N) is 1. The number of hydrogen-bond donors (Lipinski definition) is 2. The fraction of sp³-hybridized carbons (Fsp3) is 0.552. The normalized spacial score (nSPS) is 27.4. The number of nitrogens with one attached hydrogen (secondary N) is 1. The van der Waals surface area contributed by atoms with Crippen molar-refractivity contribution in [3.63, 3.8) is 0 Å². The van der Waals surface area contributed by atoms with Crippen molar-refractivity contribution in [1.29, 1.82) is 0 Å². The number of nitrogens with zero attached hydrogens (tertiary/aromatic N) is 5. The molecule has 0 radical (unpaired) electrons. The van der Waals surface area contributed by atoms with Crippen molar-refractivity contribution in [2.24, 2.45) is 0 Å². The number of aryl methyl sites for hydroxylation is 1. The van der Waals surface area contributed by atoms with Crippen molar-refractivity contribution in [2.75, 3.05) is 43.4 Å². The maximum Gasteiger partial charge on any atom is 0.319 e. The van der Waals surface area contributed by atoms with E-state index in [0.717, 1.165) is 32.2 Å². The molecule has 1 aromatic carbocycles. The first-order valence-corrected chi connectivity index (χ1v) is 14.8. The lowest BCUT2D eigenvalue weighted by Crippen LogP contribution is -2.51. The number of ether oxygens (including phenoxy) is 1. The second kappa shape index (κ2) is 10.3. The fourth-order valence-corrected chi connectivity index (χ4v) is 7.76. The van der Waals surface area contributed by atoms with E-state index < -0.39 is 29.5 Å². The van der Waals surface area contributed by atoms with E-state index in [4.69, 9.17) is 27.1 Å². The number of aromatic nitrogens is 3. The molecule has 0 saturated carbocycles. The highest BCUT2D eigenvalue weighted by atomic mass is 35.5. The quantitative estimate of drug-likeness (QED) is 0.370.